The largest absolute Gasteiger partial charge is 0.481 e. The number of aliphatic carboxylic acids is 1. The molecule has 8 rings (SSSR count). The van der Waals surface area contributed by atoms with Gasteiger partial charge < -0.3 is 9.52 Å². The second kappa shape index (κ2) is 11.5. The summed E-state index contributed by atoms with van der Waals surface area (Å²) in [5.74, 6) is 0.553. The number of thiazole rings is 1. The van der Waals surface area contributed by atoms with Crippen molar-refractivity contribution in [2.75, 3.05) is 26.2 Å². The zero-order valence-electron chi connectivity index (χ0n) is 25.9. The van der Waals surface area contributed by atoms with Crippen LogP contribution in [0.4, 0.5) is 0 Å². The Morgan fingerprint density at radius 1 is 0.933 bits per heavy atom. The molecule has 1 saturated heterocycles. The van der Waals surface area contributed by atoms with Gasteiger partial charge in [0.1, 0.15) is 10.5 Å². The first kappa shape index (κ1) is 28.6. The van der Waals surface area contributed by atoms with Crippen LogP contribution >= 0.6 is 11.3 Å². The van der Waals surface area contributed by atoms with Gasteiger partial charge in [-0.05, 0) is 91.6 Å². The van der Waals surface area contributed by atoms with Gasteiger partial charge in [0, 0.05) is 55.1 Å². The molecule has 0 spiro atoms. The van der Waals surface area contributed by atoms with Crippen LogP contribution < -0.4 is 0 Å². The number of fused-ring (bicyclic) bond motifs is 2. The molecule has 5 aromatic rings. The molecular formula is C37H38N4O3S. The fourth-order valence-corrected chi connectivity index (χ4v) is 8.36. The molecule has 1 saturated carbocycles. The summed E-state index contributed by atoms with van der Waals surface area (Å²) in [5.41, 5.74) is 10.9. The number of carboxylic acids is 1. The highest BCUT2D eigenvalue weighted by molar-refractivity contribution is 7.15. The second-order valence-corrected chi connectivity index (χ2v) is 14.2. The van der Waals surface area contributed by atoms with Crippen molar-refractivity contribution in [2.45, 2.75) is 52.6 Å². The average Bonchev–Trinajstić information content (AvgIpc) is 3.38. The molecule has 2 fully saturated rings. The molecule has 0 unspecified atom stereocenters. The standard InChI is InChI=1S/C37H38N4O3S/c1-22-27(28-6-4-8-30(23(28)2)36-39-31-14-16-41(18-24-9-10-24)21-34(31)45-36)5-3-7-29(22)35-38-32-17-25(11-12-33(32)44-35)19-40-15-13-26(20-40)37(42)43/h3-8,11-12,17,24,26H,9-10,13-16,18-21H2,1-2H3,(H,42,43)/t26-/m1/s1. The molecule has 0 amide bonds. The van der Waals surface area contributed by atoms with Crippen LogP contribution in [0.5, 0.6) is 0 Å². The predicted molar refractivity (Wildman–Crippen MR) is 178 cm³/mol. The lowest BCUT2D eigenvalue weighted by Crippen LogP contribution is -2.31. The minimum Gasteiger partial charge on any atom is -0.481 e. The van der Waals surface area contributed by atoms with Crippen LogP contribution in [0.3, 0.4) is 0 Å². The van der Waals surface area contributed by atoms with E-state index in [0.29, 0.717) is 25.4 Å². The molecule has 1 atom stereocenters. The number of oxazole rings is 1. The first-order valence-corrected chi connectivity index (χ1v) is 17.0. The van der Waals surface area contributed by atoms with E-state index < -0.39 is 5.97 Å². The summed E-state index contributed by atoms with van der Waals surface area (Å²) in [7, 11) is 0. The highest BCUT2D eigenvalue weighted by Crippen LogP contribution is 2.40. The third-order valence-electron chi connectivity index (χ3n) is 9.92. The number of hydrogen-bond acceptors (Lipinski definition) is 7. The summed E-state index contributed by atoms with van der Waals surface area (Å²) in [6.07, 6.45) is 4.55. The SMILES string of the molecule is Cc1c(-c2nc3cc(CN4CC[C@@H](C(=O)O)C4)ccc3o2)cccc1-c1cccc(-c2nc3c(s2)CN(CC2CC2)CC3)c1C. The van der Waals surface area contributed by atoms with Gasteiger partial charge in [-0.2, -0.15) is 0 Å². The summed E-state index contributed by atoms with van der Waals surface area (Å²) in [4.78, 5) is 27.7. The number of aromatic nitrogens is 2. The number of nitrogens with zero attached hydrogens (tertiary/aromatic N) is 4. The Hall–Kier alpha value is -3.85. The van der Waals surface area contributed by atoms with Crippen molar-refractivity contribution in [3.05, 3.63) is 81.9 Å². The van der Waals surface area contributed by atoms with Gasteiger partial charge in [0.25, 0.3) is 0 Å². The second-order valence-electron chi connectivity index (χ2n) is 13.2. The van der Waals surface area contributed by atoms with Crippen LogP contribution in [0.1, 0.15) is 46.5 Å². The highest BCUT2D eigenvalue weighted by Gasteiger charge is 2.29. The Morgan fingerprint density at radius 3 is 2.44 bits per heavy atom. The number of rotatable bonds is 8. The molecule has 230 valence electrons. The van der Waals surface area contributed by atoms with Gasteiger partial charge in [-0.15, -0.1) is 11.3 Å². The molecule has 4 heterocycles. The van der Waals surface area contributed by atoms with Crippen molar-refractivity contribution in [3.63, 3.8) is 0 Å². The number of hydrogen-bond donors (Lipinski definition) is 1. The molecule has 45 heavy (non-hydrogen) atoms. The van der Waals surface area contributed by atoms with Crippen LogP contribution in [0.15, 0.2) is 59.0 Å². The zero-order chi connectivity index (χ0) is 30.7. The smallest absolute Gasteiger partial charge is 0.307 e. The van der Waals surface area contributed by atoms with Crippen molar-refractivity contribution in [1.29, 1.82) is 0 Å². The summed E-state index contributed by atoms with van der Waals surface area (Å²) in [6.45, 7) is 9.89. The summed E-state index contributed by atoms with van der Waals surface area (Å²) in [5, 5.41) is 10.5. The van der Waals surface area contributed by atoms with Crippen LogP contribution in [-0.2, 0) is 24.3 Å². The normalized spacial score (nSPS) is 18.9. The van der Waals surface area contributed by atoms with Gasteiger partial charge in [-0.1, -0.05) is 36.4 Å². The zero-order valence-corrected chi connectivity index (χ0v) is 26.7. The van der Waals surface area contributed by atoms with Crippen molar-refractivity contribution >= 4 is 28.4 Å². The van der Waals surface area contributed by atoms with E-state index in [1.165, 1.54) is 52.2 Å². The quantitative estimate of drug-likeness (QED) is 0.192. The average molecular weight is 619 g/mol. The fraction of sp³-hybridized carbons (Fsp3) is 0.378. The Labute approximate surface area is 267 Å². The van der Waals surface area contributed by atoms with Crippen molar-refractivity contribution in [2.24, 2.45) is 11.8 Å². The van der Waals surface area contributed by atoms with E-state index in [4.69, 9.17) is 14.4 Å². The maximum Gasteiger partial charge on any atom is 0.307 e. The van der Waals surface area contributed by atoms with Gasteiger partial charge in [0.2, 0.25) is 5.89 Å². The molecule has 3 aliphatic rings. The topological polar surface area (TPSA) is 82.7 Å². The number of likely N-dealkylation sites (tertiary alicyclic amines) is 1. The monoisotopic (exact) mass is 618 g/mol. The van der Waals surface area contributed by atoms with Crippen LogP contribution in [-0.4, -0.2) is 57.0 Å². The summed E-state index contributed by atoms with van der Waals surface area (Å²) < 4.78 is 6.29. The third-order valence-corrected chi connectivity index (χ3v) is 11.0. The number of carbonyl (C=O) groups is 1. The number of carboxylic acid groups (broad SMARTS) is 1. The Balaban J connectivity index is 1.06. The minimum absolute atomic E-state index is 0.276. The van der Waals surface area contributed by atoms with Crippen molar-refractivity contribution < 1.29 is 14.3 Å². The first-order valence-electron chi connectivity index (χ1n) is 16.2. The third kappa shape index (κ3) is 5.60. The number of benzene rings is 3. The summed E-state index contributed by atoms with van der Waals surface area (Å²) in [6, 6.07) is 19.1. The molecule has 2 aliphatic heterocycles. The van der Waals surface area contributed by atoms with E-state index in [9.17, 15) is 9.90 Å². The summed E-state index contributed by atoms with van der Waals surface area (Å²) >= 11 is 1.87. The first-order chi connectivity index (χ1) is 21.9. The molecule has 2 aromatic heterocycles. The lowest BCUT2D eigenvalue weighted by atomic mass is 9.91. The van der Waals surface area contributed by atoms with Gasteiger partial charge in [-0.3, -0.25) is 14.6 Å². The maximum atomic E-state index is 11.4. The van der Waals surface area contributed by atoms with Crippen LogP contribution in [0, 0.1) is 25.7 Å². The van der Waals surface area contributed by atoms with E-state index in [-0.39, 0.29) is 5.92 Å². The highest BCUT2D eigenvalue weighted by atomic mass is 32.1. The molecule has 3 aromatic carbocycles. The molecule has 0 bridgehead atoms. The Kier molecular flexibility index (Phi) is 7.31. The van der Waals surface area contributed by atoms with Gasteiger partial charge in [-0.25, -0.2) is 9.97 Å². The van der Waals surface area contributed by atoms with Gasteiger partial charge in [0.05, 0.1) is 11.6 Å². The van der Waals surface area contributed by atoms with E-state index in [1.807, 2.05) is 17.4 Å². The van der Waals surface area contributed by atoms with E-state index in [2.05, 4.69) is 72.2 Å². The predicted octanol–water partition coefficient (Wildman–Crippen LogP) is 7.58. The lowest BCUT2D eigenvalue weighted by molar-refractivity contribution is -0.141. The van der Waals surface area contributed by atoms with Gasteiger partial charge in [0.15, 0.2) is 5.58 Å². The van der Waals surface area contributed by atoms with Gasteiger partial charge >= 0.3 is 5.97 Å². The molecule has 1 N–H and O–H groups in total. The molecule has 7 nitrogen and oxygen atoms in total. The minimum atomic E-state index is -0.703. The fourth-order valence-electron chi connectivity index (χ4n) is 7.13. The van der Waals surface area contributed by atoms with E-state index in [1.54, 1.807) is 0 Å². The Bertz CT molecular complexity index is 1920. The molecule has 0 radical (unpaired) electrons. The van der Waals surface area contributed by atoms with E-state index >= 15 is 0 Å². The van der Waals surface area contributed by atoms with Crippen molar-refractivity contribution in [1.82, 2.24) is 19.8 Å². The van der Waals surface area contributed by atoms with Crippen molar-refractivity contribution in [3.8, 4) is 33.2 Å². The van der Waals surface area contributed by atoms with Crippen LogP contribution in [0.25, 0.3) is 44.3 Å². The lowest BCUT2D eigenvalue weighted by Gasteiger charge is -2.25. The van der Waals surface area contributed by atoms with Crippen LogP contribution in [0.2, 0.25) is 0 Å². The Morgan fingerprint density at radius 2 is 1.69 bits per heavy atom. The van der Waals surface area contributed by atoms with E-state index in [0.717, 1.165) is 64.8 Å². The molecule has 8 heteroatoms. The maximum absolute atomic E-state index is 11.4. The molecular weight excluding hydrogens is 580 g/mol. The molecule has 1 aliphatic carbocycles.